The number of anilines is 1. The molecule has 1 N–H and O–H groups in total. The van der Waals surface area contributed by atoms with Crippen LogP contribution in [0.25, 0.3) is 22.6 Å². The fourth-order valence-electron chi connectivity index (χ4n) is 3.40. The van der Waals surface area contributed by atoms with Crippen LogP contribution in [0.2, 0.25) is 0 Å². The molecule has 0 saturated carbocycles. The number of aromatic nitrogens is 1. The molecule has 0 aliphatic carbocycles. The highest BCUT2D eigenvalue weighted by molar-refractivity contribution is 5.99. The number of pyridine rings is 1. The zero-order valence-corrected chi connectivity index (χ0v) is 16.4. The number of halogens is 1. The number of nitrogens with zero attached hydrogens (tertiary/aromatic N) is 2. The largest absolute Gasteiger partial charge is 1.00 e. The molecule has 0 saturated heterocycles. The molecule has 2 aromatic carbocycles. The molecular weight excluding hydrogens is 404 g/mol. The summed E-state index contributed by atoms with van der Waals surface area (Å²) in [6, 6.07) is 18.3. The van der Waals surface area contributed by atoms with Crippen molar-refractivity contribution in [1.29, 1.82) is 0 Å². The van der Waals surface area contributed by atoms with Gasteiger partial charge in [0.15, 0.2) is 6.20 Å². The standard InChI is InChI=1S/C22H18N2O2.BrH/c1-23-12-10-16(18-6-2-4-8-20(18)23)14-17-11-13-24(15-22(25)26)21-9-5-3-7-19(17)21;/h2-14H,15H2,1H3;1H. The first kappa shape index (κ1) is 18.9. The molecule has 27 heavy (non-hydrogen) atoms. The van der Waals surface area contributed by atoms with Crippen LogP contribution < -0.4 is 26.4 Å². The van der Waals surface area contributed by atoms with E-state index >= 15 is 0 Å². The fraction of sp³-hybridized carbons (Fsp3) is 0.0909. The van der Waals surface area contributed by atoms with Gasteiger partial charge in [0, 0.05) is 29.6 Å². The first-order chi connectivity index (χ1) is 12.6. The second-order valence-corrected chi connectivity index (χ2v) is 6.35. The summed E-state index contributed by atoms with van der Waals surface area (Å²) in [5, 5.41) is 10.3. The van der Waals surface area contributed by atoms with Crippen LogP contribution in [0.3, 0.4) is 0 Å². The molecule has 136 valence electrons. The molecule has 0 radical (unpaired) electrons. The van der Waals surface area contributed by atoms with Crippen LogP contribution in [0, 0.1) is 0 Å². The number of carboxylic acid groups (broad SMARTS) is 1. The topological polar surface area (TPSA) is 44.4 Å². The number of rotatable bonds is 3. The van der Waals surface area contributed by atoms with E-state index in [9.17, 15) is 4.79 Å². The summed E-state index contributed by atoms with van der Waals surface area (Å²) in [5.74, 6) is -0.849. The van der Waals surface area contributed by atoms with Crippen LogP contribution in [-0.2, 0) is 11.8 Å². The minimum atomic E-state index is -0.849. The zero-order chi connectivity index (χ0) is 18.1. The fourth-order valence-corrected chi connectivity index (χ4v) is 3.40. The molecule has 3 aromatic rings. The van der Waals surface area contributed by atoms with Gasteiger partial charge in [-0.3, -0.25) is 4.79 Å². The van der Waals surface area contributed by atoms with E-state index in [1.807, 2.05) is 55.7 Å². The van der Waals surface area contributed by atoms with Gasteiger partial charge in [-0.15, -0.1) is 0 Å². The molecule has 1 aliphatic heterocycles. The lowest BCUT2D eigenvalue weighted by Gasteiger charge is -2.26. The number of hydrogen-bond donors (Lipinski definition) is 1. The van der Waals surface area contributed by atoms with Crippen molar-refractivity contribution in [2.75, 3.05) is 11.4 Å². The maximum Gasteiger partial charge on any atom is 0.323 e. The molecule has 0 atom stereocenters. The Morgan fingerprint density at radius 3 is 2.67 bits per heavy atom. The monoisotopic (exact) mass is 422 g/mol. The van der Waals surface area contributed by atoms with E-state index in [-0.39, 0.29) is 23.5 Å². The smallest absolute Gasteiger partial charge is 0.323 e. The third-order valence-corrected chi connectivity index (χ3v) is 4.65. The van der Waals surface area contributed by atoms with E-state index < -0.39 is 5.97 Å². The number of fused-ring (bicyclic) bond motifs is 2. The lowest BCUT2D eigenvalue weighted by Crippen LogP contribution is -3.00. The van der Waals surface area contributed by atoms with Gasteiger partial charge in [-0.05, 0) is 35.4 Å². The molecule has 5 heteroatoms. The zero-order valence-electron chi connectivity index (χ0n) is 14.8. The lowest BCUT2D eigenvalue weighted by molar-refractivity contribution is -0.644. The molecule has 0 spiro atoms. The molecule has 4 nitrogen and oxygen atoms in total. The molecule has 0 fully saturated rings. The van der Waals surface area contributed by atoms with E-state index in [4.69, 9.17) is 5.11 Å². The summed E-state index contributed by atoms with van der Waals surface area (Å²) in [6.45, 7) is -0.0507. The van der Waals surface area contributed by atoms with Crippen LogP contribution in [0.15, 0.2) is 73.1 Å². The first-order valence-corrected chi connectivity index (χ1v) is 8.48. The second-order valence-electron chi connectivity index (χ2n) is 6.35. The third kappa shape index (κ3) is 3.64. The van der Waals surface area contributed by atoms with Crippen molar-refractivity contribution in [3.05, 3.63) is 84.2 Å². The van der Waals surface area contributed by atoms with Crippen molar-refractivity contribution in [2.24, 2.45) is 7.05 Å². The number of para-hydroxylation sites is 2. The molecule has 2 heterocycles. The van der Waals surface area contributed by atoms with Crippen LogP contribution in [0.5, 0.6) is 0 Å². The predicted octanol–water partition coefficient (Wildman–Crippen LogP) is 0.627. The number of benzene rings is 2. The van der Waals surface area contributed by atoms with Gasteiger partial charge < -0.3 is 27.0 Å². The highest BCUT2D eigenvalue weighted by atomic mass is 79.9. The minimum absolute atomic E-state index is 0. The summed E-state index contributed by atoms with van der Waals surface area (Å²) in [4.78, 5) is 12.9. The van der Waals surface area contributed by atoms with Crippen LogP contribution >= 0.6 is 0 Å². The number of carbonyl (C=O) groups is 1. The Kier molecular flexibility index (Phi) is 5.42. The van der Waals surface area contributed by atoms with Crippen molar-refractivity contribution in [3.63, 3.8) is 0 Å². The predicted molar refractivity (Wildman–Crippen MR) is 104 cm³/mol. The van der Waals surface area contributed by atoms with Gasteiger partial charge in [0.1, 0.15) is 13.6 Å². The van der Waals surface area contributed by atoms with Crippen LogP contribution in [0.4, 0.5) is 5.69 Å². The van der Waals surface area contributed by atoms with Gasteiger partial charge in [-0.1, -0.05) is 30.3 Å². The van der Waals surface area contributed by atoms with Gasteiger partial charge >= 0.3 is 5.97 Å². The van der Waals surface area contributed by atoms with Crippen molar-refractivity contribution < 1.29 is 31.4 Å². The van der Waals surface area contributed by atoms with Gasteiger partial charge in [0.2, 0.25) is 5.52 Å². The number of carboxylic acids is 1. The summed E-state index contributed by atoms with van der Waals surface area (Å²) < 4.78 is 2.11. The molecule has 0 amide bonds. The minimum Gasteiger partial charge on any atom is -1.00 e. The summed E-state index contributed by atoms with van der Waals surface area (Å²) in [5.41, 5.74) is 5.33. The maximum absolute atomic E-state index is 11.1. The SMILES string of the molecule is C[n+]1ccc(C=C2C=CN(CC(=O)O)c3ccccc32)c2ccccc21.[Br-]. The Balaban J connectivity index is 0.00000210. The average Bonchev–Trinajstić information content (AvgIpc) is 2.66. The quantitative estimate of drug-likeness (QED) is 0.629. The lowest BCUT2D eigenvalue weighted by atomic mass is 9.96. The van der Waals surface area contributed by atoms with Gasteiger partial charge in [0.25, 0.3) is 0 Å². The molecule has 1 aliphatic rings. The number of allylic oxidation sites excluding steroid dienone is 2. The highest BCUT2D eigenvalue weighted by Gasteiger charge is 2.18. The number of aryl methyl sites for hydroxylation is 1. The Bertz CT molecular complexity index is 1070. The van der Waals surface area contributed by atoms with E-state index in [1.165, 1.54) is 10.9 Å². The highest BCUT2D eigenvalue weighted by Crippen LogP contribution is 2.34. The molecule has 4 rings (SSSR count). The van der Waals surface area contributed by atoms with Crippen LogP contribution in [0.1, 0.15) is 11.1 Å². The average molecular weight is 423 g/mol. The first-order valence-electron chi connectivity index (χ1n) is 8.48. The molecule has 0 bridgehead atoms. The Morgan fingerprint density at radius 1 is 1.11 bits per heavy atom. The van der Waals surface area contributed by atoms with Crippen molar-refractivity contribution in [3.8, 4) is 0 Å². The molecule has 0 unspecified atom stereocenters. The van der Waals surface area contributed by atoms with Crippen LogP contribution in [-0.4, -0.2) is 17.6 Å². The Morgan fingerprint density at radius 2 is 1.85 bits per heavy atom. The Labute approximate surface area is 168 Å². The van der Waals surface area contributed by atoms with Gasteiger partial charge in [-0.25, -0.2) is 4.57 Å². The number of hydrogen-bond acceptors (Lipinski definition) is 2. The second kappa shape index (κ2) is 7.76. The van der Waals surface area contributed by atoms with E-state index in [0.29, 0.717) is 0 Å². The molecular formula is C22H19BrN2O2. The Hall–Kier alpha value is -2.92. The van der Waals surface area contributed by atoms with E-state index in [1.54, 1.807) is 4.90 Å². The maximum atomic E-state index is 11.1. The normalized spacial score (nSPS) is 14.1. The van der Waals surface area contributed by atoms with Gasteiger partial charge in [0.05, 0.1) is 5.39 Å². The summed E-state index contributed by atoms with van der Waals surface area (Å²) in [6.07, 6.45) is 8.04. The van der Waals surface area contributed by atoms with E-state index in [2.05, 4.69) is 35.0 Å². The number of aliphatic carboxylic acids is 1. The third-order valence-electron chi connectivity index (χ3n) is 4.65. The van der Waals surface area contributed by atoms with Gasteiger partial charge in [-0.2, -0.15) is 0 Å². The van der Waals surface area contributed by atoms with Crippen molar-refractivity contribution >= 4 is 34.2 Å². The summed E-state index contributed by atoms with van der Waals surface area (Å²) >= 11 is 0. The summed E-state index contributed by atoms with van der Waals surface area (Å²) in [7, 11) is 2.04. The van der Waals surface area contributed by atoms with Crippen molar-refractivity contribution in [1.82, 2.24) is 0 Å². The van der Waals surface area contributed by atoms with E-state index in [0.717, 1.165) is 22.4 Å². The molecule has 1 aromatic heterocycles. The van der Waals surface area contributed by atoms with Crippen molar-refractivity contribution in [2.45, 2.75) is 0 Å².